The van der Waals surface area contributed by atoms with Gasteiger partial charge >= 0.3 is 0 Å². The number of rotatable bonds is 1. The van der Waals surface area contributed by atoms with Gasteiger partial charge in [0.1, 0.15) is 0 Å². The van der Waals surface area contributed by atoms with E-state index in [0.29, 0.717) is 13.1 Å². The summed E-state index contributed by atoms with van der Waals surface area (Å²) < 4.78 is 24.5. The summed E-state index contributed by atoms with van der Waals surface area (Å²) in [6.45, 7) is 6.19. The van der Waals surface area contributed by atoms with E-state index >= 15 is 0 Å². The van der Waals surface area contributed by atoms with Crippen molar-refractivity contribution >= 4 is 10.0 Å². The Morgan fingerprint density at radius 2 is 1.92 bits per heavy atom. The zero-order valence-electron chi connectivity index (χ0n) is 8.45. The summed E-state index contributed by atoms with van der Waals surface area (Å²) in [4.78, 5) is 0. The predicted octanol–water partition coefficient (Wildman–Crippen LogP) is 0.148. The first-order valence-electron chi connectivity index (χ1n) is 4.50. The van der Waals surface area contributed by atoms with E-state index in [2.05, 4.69) is 0 Å². The molecule has 2 N–H and O–H groups in total. The van der Waals surface area contributed by atoms with Gasteiger partial charge in [0.05, 0.1) is 4.75 Å². The fourth-order valence-corrected chi connectivity index (χ4v) is 2.87. The molecule has 0 spiro atoms. The van der Waals surface area contributed by atoms with Crippen molar-refractivity contribution in [2.75, 3.05) is 13.1 Å². The van der Waals surface area contributed by atoms with Crippen LogP contribution in [-0.4, -0.2) is 36.6 Å². The monoisotopic (exact) mass is 206 g/mol. The second-order valence-electron chi connectivity index (χ2n) is 4.52. The van der Waals surface area contributed by atoms with Crippen LogP contribution < -0.4 is 5.73 Å². The lowest BCUT2D eigenvalue weighted by Gasteiger charge is -2.26. The highest BCUT2D eigenvalue weighted by atomic mass is 32.2. The first-order valence-corrected chi connectivity index (χ1v) is 5.94. The van der Waals surface area contributed by atoms with E-state index in [1.54, 1.807) is 20.8 Å². The number of nitrogens with zero attached hydrogens (tertiary/aromatic N) is 1. The molecule has 0 aromatic carbocycles. The molecular formula is C8H18N2O2S. The molecule has 1 aliphatic rings. The van der Waals surface area contributed by atoms with Crippen molar-refractivity contribution in [1.29, 1.82) is 0 Å². The maximum absolute atomic E-state index is 11.9. The van der Waals surface area contributed by atoms with Gasteiger partial charge in [-0.25, -0.2) is 8.42 Å². The van der Waals surface area contributed by atoms with Crippen molar-refractivity contribution in [3.05, 3.63) is 0 Å². The standard InChI is InChI=1S/C8H18N2O2S/c1-8(2,3)13(11,12)10-5-4-7(9)6-10/h7H,4-6,9H2,1-3H3/t7-/m1/s1. The lowest BCUT2D eigenvalue weighted by Crippen LogP contribution is -2.42. The molecule has 0 aromatic heterocycles. The summed E-state index contributed by atoms with van der Waals surface area (Å²) in [5, 5.41) is 0. The van der Waals surface area contributed by atoms with Crippen LogP contribution in [0.25, 0.3) is 0 Å². The quantitative estimate of drug-likeness (QED) is 0.664. The third-order valence-corrected chi connectivity index (χ3v) is 4.86. The van der Waals surface area contributed by atoms with Crippen molar-refractivity contribution in [2.45, 2.75) is 38.0 Å². The molecule has 1 aliphatic heterocycles. The van der Waals surface area contributed by atoms with Gasteiger partial charge in [0.15, 0.2) is 0 Å². The van der Waals surface area contributed by atoms with E-state index in [0.717, 1.165) is 6.42 Å². The zero-order valence-corrected chi connectivity index (χ0v) is 9.26. The van der Waals surface area contributed by atoms with E-state index in [4.69, 9.17) is 5.73 Å². The average molecular weight is 206 g/mol. The SMILES string of the molecule is CC(C)(C)S(=O)(=O)N1CC[C@@H](N)C1. The van der Waals surface area contributed by atoms with Gasteiger partial charge in [0, 0.05) is 19.1 Å². The normalized spacial score (nSPS) is 26.6. The Hall–Kier alpha value is -0.130. The molecular weight excluding hydrogens is 188 g/mol. The Morgan fingerprint density at radius 1 is 1.38 bits per heavy atom. The second-order valence-corrected chi connectivity index (χ2v) is 7.22. The maximum atomic E-state index is 11.9. The predicted molar refractivity (Wildman–Crippen MR) is 52.8 cm³/mol. The Balaban J connectivity index is 2.84. The van der Waals surface area contributed by atoms with Crippen LogP contribution in [0.5, 0.6) is 0 Å². The molecule has 1 fully saturated rings. The topological polar surface area (TPSA) is 63.4 Å². The summed E-state index contributed by atoms with van der Waals surface area (Å²) in [7, 11) is -3.16. The average Bonchev–Trinajstić information content (AvgIpc) is 2.33. The summed E-state index contributed by atoms with van der Waals surface area (Å²) in [5.41, 5.74) is 5.66. The second kappa shape index (κ2) is 3.22. The summed E-state index contributed by atoms with van der Waals surface area (Å²) in [6.07, 6.45) is 0.773. The third-order valence-electron chi connectivity index (χ3n) is 2.30. The molecule has 4 nitrogen and oxygen atoms in total. The van der Waals surface area contributed by atoms with E-state index < -0.39 is 14.8 Å². The lowest BCUT2D eigenvalue weighted by atomic mass is 10.3. The van der Waals surface area contributed by atoms with Crippen molar-refractivity contribution in [3.63, 3.8) is 0 Å². The molecule has 1 heterocycles. The molecule has 13 heavy (non-hydrogen) atoms. The van der Waals surface area contributed by atoms with Gasteiger partial charge in [-0.15, -0.1) is 0 Å². The first-order chi connectivity index (χ1) is 5.75. The zero-order chi connectivity index (χ0) is 10.3. The van der Waals surface area contributed by atoms with Crippen LogP contribution in [0, 0.1) is 0 Å². The molecule has 0 bridgehead atoms. The molecule has 78 valence electrons. The molecule has 0 radical (unpaired) electrons. The Morgan fingerprint density at radius 3 is 2.23 bits per heavy atom. The molecule has 1 saturated heterocycles. The molecule has 0 amide bonds. The number of nitrogens with two attached hydrogens (primary N) is 1. The van der Waals surface area contributed by atoms with Gasteiger partial charge in [-0.1, -0.05) is 0 Å². The van der Waals surface area contributed by atoms with Crippen molar-refractivity contribution < 1.29 is 8.42 Å². The third kappa shape index (κ3) is 2.03. The highest BCUT2D eigenvalue weighted by Crippen LogP contribution is 2.23. The largest absolute Gasteiger partial charge is 0.326 e. The van der Waals surface area contributed by atoms with Crippen LogP contribution in [0.2, 0.25) is 0 Å². The maximum Gasteiger partial charge on any atom is 0.219 e. The molecule has 1 atom stereocenters. The highest BCUT2D eigenvalue weighted by molar-refractivity contribution is 7.90. The van der Waals surface area contributed by atoms with Crippen molar-refractivity contribution in [3.8, 4) is 0 Å². The Bertz CT molecular complexity index is 279. The van der Waals surface area contributed by atoms with Gasteiger partial charge in [-0.2, -0.15) is 4.31 Å². The van der Waals surface area contributed by atoms with Crippen LogP contribution in [0.3, 0.4) is 0 Å². The fraction of sp³-hybridized carbons (Fsp3) is 1.00. The van der Waals surface area contributed by atoms with E-state index in [9.17, 15) is 8.42 Å². The van der Waals surface area contributed by atoms with Crippen LogP contribution in [-0.2, 0) is 10.0 Å². The Kier molecular flexibility index (Phi) is 2.71. The minimum Gasteiger partial charge on any atom is -0.326 e. The van der Waals surface area contributed by atoms with Crippen LogP contribution in [0.15, 0.2) is 0 Å². The first kappa shape index (κ1) is 10.9. The molecule has 0 unspecified atom stereocenters. The molecule has 0 aliphatic carbocycles. The van der Waals surface area contributed by atoms with Gasteiger partial charge in [0.2, 0.25) is 10.0 Å². The number of hydrogen-bond acceptors (Lipinski definition) is 3. The lowest BCUT2D eigenvalue weighted by molar-refractivity contribution is 0.447. The highest BCUT2D eigenvalue weighted by Gasteiger charge is 2.38. The van der Waals surface area contributed by atoms with Crippen molar-refractivity contribution in [1.82, 2.24) is 4.31 Å². The van der Waals surface area contributed by atoms with Crippen LogP contribution in [0.1, 0.15) is 27.2 Å². The minimum atomic E-state index is -3.16. The van der Waals surface area contributed by atoms with Gasteiger partial charge in [-0.05, 0) is 27.2 Å². The van der Waals surface area contributed by atoms with Gasteiger partial charge in [0.25, 0.3) is 0 Å². The van der Waals surface area contributed by atoms with E-state index in [-0.39, 0.29) is 6.04 Å². The summed E-state index contributed by atoms with van der Waals surface area (Å²) in [6, 6.07) is 0.0112. The number of hydrogen-bond donors (Lipinski definition) is 1. The minimum absolute atomic E-state index is 0.0112. The van der Waals surface area contributed by atoms with Gasteiger partial charge in [-0.3, -0.25) is 0 Å². The summed E-state index contributed by atoms with van der Waals surface area (Å²) in [5.74, 6) is 0. The molecule has 0 saturated carbocycles. The molecule has 5 heteroatoms. The fourth-order valence-electron chi connectivity index (χ4n) is 1.36. The van der Waals surface area contributed by atoms with E-state index in [1.807, 2.05) is 0 Å². The number of sulfonamides is 1. The van der Waals surface area contributed by atoms with E-state index in [1.165, 1.54) is 4.31 Å². The molecule has 1 rings (SSSR count). The van der Waals surface area contributed by atoms with Crippen LogP contribution >= 0.6 is 0 Å². The summed E-state index contributed by atoms with van der Waals surface area (Å²) >= 11 is 0. The molecule has 0 aromatic rings. The van der Waals surface area contributed by atoms with Crippen LogP contribution in [0.4, 0.5) is 0 Å². The smallest absolute Gasteiger partial charge is 0.219 e. The van der Waals surface area contributed by atoms with Gasteiger partial charge < -0.3 is 5.73 Å². The van der Waals surface area contributed by atoms with Crippen molar-refractivity contribution in [2.24, 2.45) is 5.73 Å². The Labute approximate surface area is 80.1 Å².